The molecular weight excluding hydrogens is 314 g/mol. The number of hydrogen-bond donors (Lipinski definition) is 1. The Kier molecular flexibility index (Phi) is 4.66. The lowest BCUT2D eigenvalue weighted by atomic mass is 9.89. The number of aryl methyl sites for hydroxylation is 2. The second-order valence-corrected chi connectivity index (χ2v) is 7.03. The average Bonchev–Trinajstić information content (AvgIpc) is 2.60. The highest BCUT2D eigenvalue weighted by molar-refractivity contribution is 5.90. The number of benzene rings is 1. The number of hydrogen-bond acceptors (Lipinski definition) is 2. The summed E-state index contributed by atoms with van der Waals surface area (Å²) in [7, 11) is 1.68. The predicted octanol–water partition coefficient (Wildman–Crippen LogP) is 3.41. The van der Waals surface area contributed by atoms with Crippen LogP contribution in [0.5, 0.6) is 0 Å². The van der Waals surface area contributed by atoms with Gasteiger partial charge < -0.3 is 14.8 Å². The number of rotatable bonds is 2. The van der Waals surface area contributed by atoms with Crippen molar-refractivity contribution in [1.82, 2.24) is 9.47 Å². The number of carbonyl (C=O) groups excluding carboxylic acids is 1. The topological polar surface area (TPSA) is 54.3 Å². The third-order valence-electron chi connectivity index (χ3n) is 4.92. The van der Waals surface area contributed by atoms with E-state index in [2.05, 4.69) is 37.4 Å². The standard InChI is InChI=1S/C20H25N3O2/c1-13(2)16-7-5-6-15-12-23(11-9-17(15)16)20(25)21-18-14(3)8-10-22(4)19(18)24/h5-8,10,13H,9,11-12H2,1-4H3,(H,21,25). The van der Waals surface area contributed by atoms with E-state index in [4.69, 9.17) is 0 Å². The van der Waals surface area contributed by atoms with E-state index in [1.54, 1.807) is 18.1 Å². The molecule has 1 aromatic heterocycles. The number of nitrogens with zero attached hydrogens (tertiary/aromatic N) is 2. The molecule has 2 aromatic rings. The van der Waals surface area contributed by atoms with Crippen LogP contribution in [0.25, 0.3) is 0 Å². The predicted molar refractivity (Wildman–Crippen MR) is 100 cm³/mol. The smallest absolute Gasteiger partial charge is 0.320 e. The summed E-state index contributed by atoms with van der Waals surface area (Å²) in [5, 5.41) is 2.81. The SMILES string of the molecule is Cc1ccn(C)c(=O)c1NC(=O)N1CCc2c(cccc2C(C)C)C1. The summed E-state index contributed by atoms with van der Waals surface area (Å²) < 4.78 is 1.48. The van der Waals surface area contributed by atoms with Gasteiger partial charge >= 0.3 is 6.03 Å². The third kappa shape index (κ3) is 3.31. The highest BCUT2D eigenvalue weighted by atomic mass is 16.2. The van der Waals surface area contributed by atoms with Gasteiger partial charge in [-0.05, 0) is 47.6 Å². The number of fused-ring (bicyclic) bond motifs is 1. The fraction of sp³-hybridized carbons (Fsp3) is 0.400. The fourth-order valence-electron chi connectivity index (χ4n) is 3.41. The van der Waals surface area contributed by atoms with Crippen LogP contribution < -0.4 is 10.9 Å². The Labute approximate surface area is 148 Å². The van der Waals surface area contributed by atoms with Gasteiger partial charge in [0.15, 0.2) is 0 Å². The molecule has 0 radical (unpaired) electrons. The maximum atomic E-state index is 12.7. The molecule has 1 aliphatic rings. The zero-order chi connectivity index (χ0) is 18.1. The first kappa shape index (κ1) is 17.3. The van der Waals surface area contributed by atoms with E-state index in [0.29, 0.717) is 24.7 Å². The van der Waals surface area contributed by atoms with Crippen LogP contribution in [0.4, 0.5) is 10.5 Å². The fourth-order valence-corrected chi connectivity index (χ4v) is 3.41. The van der Waals surface area contributed by atoms with Gasteiger partial charge in [0.1, 0.15) is 5.69 Å². The van der Waals surface area contributed by atoms with E-state index in [9.17, 15) is 9.59 Å². The molecule has 1 aliphatic heterocycles. The molecule has 5 nitrogen and oxygen atoms in total. The molecule has 0 aliphatic carbocycles. The lowest BCUT2D eigenvalue weighted by molar-refractivity contribution is 0.206. The van der Waals surface area contributed by atoms with E-state index in [1.165, 1.54) is 21.3 Å². The molecule has 0 atom stereocenters. The summed E-state index contributed by atoms with van der Waals surface area (Å²) in [6.45, 7) is 7.46. The third-order valence-corrected chi connectivity index (χ3v) is 4.92. The molecule has 2 heterocycles. The van der Waals surface area contributed by atoms with Crippen molar-refractivity contribution in [2.45, 2.75) is 39.7 Å². The lowest BCUT2D eigenvalue weighted by Gasteiger charge is -2.31. The van der Waals surface area contributed by atoms with Crippen molar-refractivity contribution in [3.8, 4) is 0 Å². The molecule has 0 bridgehead atoms. The van der Waals surface area contributed by atoms with E-state index in [1.807, 2.05) is 13.0 Å². The van der Waals surface area contributed by atoms with Crippen LogP contribution in [0.2, 0.25) is 0 Å². The first-order valence-corrected chi connectivity index (χ1v) is 8.71. The molecule has 1 N–H and O–H groups in total. The van der Waals surface area contributed by atoms with Crippen molar-refractivity contribution < 1.29 is 4.79 Å². The minimum atomic E-state index is -0.216. The molecular formula is C20H25N3O2. The summed E-state index contributed by atoms with van der Waals surface area (Å²) >= 11 is 0. The Balaban J connectivity index is 1.81. The van der Waals surface area contributed by atoms with Gasteiger partial charge in [-0.2, -0.15) is 0 Å². The summed E-state index contributed by atoms with van der Waals surface area (Å²) in [4.78, 5) is 26.7. The van der Waals surface area contributed by atoms with Crippen molar-refractivity contribution >= 4 is 11.7 Å². The molecule has 0 fully saturated rings. The lowest BCUT2D eigenvalue weighted by Crippen LogP contribution is -2.40. The minimum Gasteiger partial charge on any atom is -0.320 e. The molecule has 25 heavy (non-hydrogen) atoms. The quantitative estimate of drug-likeness (QED) is 0.911. The summed E-state index contributed by atoms with van der Waals surface area (Å²) in [6, 6.07) is 7.94. The van der Waals surface area contributed by atoms with Crippen LogP contribution in [0.3, 0.4) is 0 Å². The van der Waals surface area contributed by atoms with Crippen LogP contribution in [0.15, 0.2) is 35.3 Å². The molecule has 0 unspecified atom stereocenters. The number of aromatic nitrogens is 1. The monoisotopic (exact) mass is 339 g/mol. The van der Waals surface area contributed by atoms with Gasteiger partial charge in [0.2, 0.25) is 0 Å². The first-order chi connectivity index (χ1) is 11.9. The number of nitrogens with one attached hydrogen (secondary N) is 1. The van der Waals surface area contributed by atoms with Gasteiger partial charge in [0.05, 0.1) is 0 Å². The van der Waals surface area contributed by atoms with Crippen molar-refractivity contribution in [2.24, 2.45) is 7.05 Å². The van der Waals surface area contributed by atoms with E-state index < -0.39 is 0 Å². The molecule has 0 saturated carbocycles. The Morgan fingerprint density at radius 3 is 2.72 bits per heavy atom. The molecule has 0 spiro atoms. The van der Waals surface area contributed by atoms with Crippen molar-refractivity contribution in [1.29, 1.82) is 0 Å². The number of urea groups is 1. The Hall–Kier alpha value is -2.56. The minimum absolute atomic E-state index is 0.187. The molecule has 132 valence electrons. The molecule has 2 amide bonds. The molecule has 5 heteroatoms. The van der Waals surface area contributed by atoms with E-state index in [-0.39, 0.29) is 11.6 Å². The second kappa shape index (κ2) is 6.75. The largest absolute Gasteiger partial charge is 0.322 e. The number of carbonyl (C=O) groups is 1. The summed E-state index contributed by atoms with van der Waals surface area (Å²) in [6.07, 6.45) is 2.56. The van der Waals surface area contributed by atoms with Crippen molar-refractivity contribution in [3.05, 3.63) is 63.1 Å². The maximum absolute atomic E-state index is 12.7. The van der Waals surface area contributed by atoms with E-state index >= 15 is 0 Å². The number of pyridine rings is 1. The highest BCUT2D eigenvalue weighted by Crippen LogP contribution is 2.27. The maximum Gasteiger partial charge on any atom is 0.322 e. The average molecular weight is 339 g/mol. The van der Waals surface area contributed by atoms with Crippen molar-refractivity contribution in [3.63, 3.8) is 0 Å². The van der Waals surface area contributed by atoms with Gasteiger partial charge in [-0.1, -0.05) is 32.0 Å². The number of amides is 2. The zero-order valence-corrected chi connectivity index (χ0v) is 15.3. The molecule has 0 saturated heterocycles. The molecule has 1 aromatic carbocycles. The Morgan fingerprint density at radius 2 is 2.00 bits per heavy atom. The normalized spacial score (nSPS) is 13.7. The van der Waals surface area contributed by atoms with Gasteiger partial charge in [-0.15, -0.1) is 0 Å². The number of anilines is 1. The second-order valence-electron chi connectivity index (χ2n) is 7.03. The summed E-state index contributed by atoms with van der Waals surface area (Å²) in [5.74, 6) is 0.477. The van der Waals surface area contributed by atoms with Crippen LogP contribution in [-0.4, -0.2) is 22.0 Å². The Morgan fingerprint density at radius 1 is 1.24 bits per heavy atom. The van der Waals surface area contributed by atoms with Gasteiger partial charge in [-0.3, -0.25) is 4.79 Å². The van der Waals surface area contributed by atoms with Gasteiger partial charge in [-0.25, -0.2) is 4.79 Å². The van der Waals surface area contributed by atoms with E-state index in [0.717, 1.165) is 12.0 Å². The van der Waals surface area contributed by atoms with Crippen LogP contribution in [0.1, 0.15) is 42.0 Å². The van der Waals surface area contributed by atoms with Crippen LogP contribution >= 0.6 is 0 Å². The zero-order valence-electron chi connectivity index (χ0n) is 15.3. The Bertz CT molecular complexity index is 868. The summed E-state index contributed by atoms with van der Waals surface area (Å²) in [5.41, 5.74) is 4.88. The van der Waals surface area contributed by atoms with Crippen LogP contribution in [0, 0.1) is 6.92 Å². The molecule has 3 rings (SSSR count). The van der Waals surface area contributed by atoms with Crippen LogP contribution in [-0.2, 0) is 20.0 Å². The first-order valence-electron chi connectivity index (χ1n) is 8.71. The van der Waals surface area contributed by atoms with Gasteiger partial charge in [0.25, 0.3) is 5.56 Å². The highest BCUT2D eigenvalue weighted by Gasteiger charge is 2.24. The van der Waals surface area contributed by atoms with Gasteiger partial charge in [0, 0.05) is 26.3 Å². The van der Waals surface area contributed by atoms with Crippen molar-refractivity contribution in [2.75, 3.05) is 11.9 Å².